The summed E-state index contributed by atoms with van der Waals surface area (Å²) >= 11 is 0. The molecule has 140 valence electrons. The highest BCUT2D eigenvalue weighted by atomic mass is 16.5. The second-order valence-corrected chi connectivity index (χ2v) is 5.99. The van der Waals surface area contributed by atoms with Crippen molar-refractivity contribution in [2.75, 3.05) is 23.8 Å². The minimum absolute atomic E-state index is 0.0151. The predicted molar refractivity (Wildman–Crippen MR) is 106 cm³/mol. The zero-order chi connectivity index (χ0) is 19.1. The van der Waals surface area contributed by atoms with Crippen LogP contribution in [-0.2, 0) is 0 Å². The third-order valence-corrected chi connectivity index (χ3v) is 3.74. The van der Waals surface area contributed by atoms with Gasteiger partial charge in [-0.2, -0.15) is 4.98 Å². The van der Waals surface area contributed by atoms with E-state index in [2.05, 4.69) is 25.6 Å². The summed E-state index contributed by atoms with van der Waals surface area (Å²) in [6.45, 7) is 4.42. The van der Waals surface area contributed by atoms with Gasteiger partial charge in [-0.1, -0.05) is 6.07 Å². The number of hydrogen-bond acceptors (Lipinski definition) is 7. The highest BCUT2D eigenvalue weighted by Gasteiger charge is 2.10. The van der Waals surface area contributed by atoms with Crippen LogP contribution in [0.4, 0.5) is 17.5 Å². The van der Waals surface area contributed by atoms with E-state index < -0.39 is 0 Å². The third kappa shape index (κ3) is 5.15. The number of rotatable bonds is 8. The largest absolute Gasteiger partial charge is 0.494 e. The van der Waals surface area contributed by atoms with E-state index in [1.54, 1.807) is 6.20 Å². The van der Waals surface area contributed by atoms with Crippen molar-refractivity contribution in [3.8, 4) is 17.1 Å². The summed E-state index contributed by atoms with van der Waals surface area (Å²) in [5, 5.41) is 15.7. The van der Waals surface area contributed by atoms with E-state index >= 15 is 0 Å². The Balaban J connectivity index is 1.89. The quantitative estimate of drug-likeness (QED) is 0.563. The first kappa shape index (κ1) is 18.6. The molecule has 0 radical (unpaired) electrons. The van der Waals surface area contributed by atoms with E-state index in [-0.39, 0.29) is 12.6 Å². The molecule has 0 saturated heterocycles. The van der Waals surface area contributed by atoms with Gasteiger partial charge in [-0.3, -0.25) is 4.98 Å². The van der Waals surface area contributed by atoms with Crippen molar-refractivity contribution in [3.05, 3.63) is 54.7 Å². The number of nitrogens with zero attached hydrogens (tertiary/aromatic N) is 3. The summed E-state index contributed by atoms with van der Waals surface area (Å²) in [5.74, 6) is 1.87. The lowest BCUT2D eigenvalue weighted by Crippen LogP contribution is -2.21. The number of benzene rings is 1. The topological polar surface area (TPSA) is 92.2 Å². The van der Waals surface area contributed by atoms with Crippen LogP contribution in [0.1, 0.15) is 13.8 Å². The summed E-state index contributed by atoms with van der Waals surface area (Å²) in [6, 6.07) is 15.0. The van der Waals surface area contributed by atoms with Crippen molar-refractivity contribution in [3.63, 3.8) is 0 Å². The van der Waals surface area contributed by atoms with Crippen LogP contribution >= 0.6 is 0 Å². The molecule has 7 nitrogen and oxygen atoms in total. The van der Waals surface area contributed by atoms with Gasteiger partial charge in [-0.25, -0.2) is 4.98 Å². The van der Waals surface area contributed by atoms with Gasteiger partial charge in [0.05, 0.1) is 24.6 Å². The van der Waals surface area contributed by atoms with E-state index in [1.807, 2.05) is 62.4 Å². The van der Waals surface area contributed by atoms with Crippen LogP contribution in [0.15, 0.2) is 54.7 Å². The summed E-state index contributed by atoms with van der Waals surface area (Å²) in [5.41, 5.74) is 2.31. The maximum Gasteiger partial charge on any atom is 0.225 e. The van der Waals surface area contributed by atoms with Crippen molar-refractivity contribution in [1.82, 2.24) is 15.0 Å². The first-order valence-corrected chi connectivity index (χ1v) is 8.85. The van der Waals surface area contributed by atoms with E-state index in [4.69, 9.17) is 4.74 Å². The van der Waals surface area contributed by atoms with Crippen molar-refractivity contribution in [2.45, 2.75) is 19.9 Å². The molecular weight excluding hydrogens is 342 g/mol. The second-order valence-electron chi connectivity index (χ2n) is 5.99. The first-order valence-electron chi connectivity index (χ1n) is 8.85. The van der Waals surface area contributed by atoms with Gasteiger partial charge in [0.15, 0.2) is 0 Å². The lowest BCUT2D eigenvalue weighted by atomic mass is 10.2. The number of pyridine rings is 1. The van der Waals surface area contributed by atoms with Crippen LogP contribution in [0, 0.1) is 0 Å². The second kappa shape index (κ2) is 8.95. The number of aliphatic hydroxyl groups excluding tert-OH is 1. The van der Waals surface area contributed by atoms with Crippen LogP contribution in [0.3, 0.4) is 0 Å². The molecule has 3 aromatic rings. The Bertz CT molecular complexity index is 856. The third-order valence-electron chi connectivity index (χ3n) is 3.74. The molecule has 0 aliphatic heterocycles. The van der Waals surface area contributed by atoms with Gasteiger partial charge in [-0.05, 0) is 50.2 Å². The Morgan fingerprint density at radius 1 is 1.07 bits per heavy atom. The molecule has 3 N–H and O–H groups in total. The molecular formula is C20H23N5O2. The molecule has 7 heteroatoms. The van der Waals surface area contributed by atoms with Gasteiger partial charge in [0.2, 0.25) is 5.95 Å². The molecule has 0 spiro atoms. The van der Waals surface area contributed by atoms with E-state index in [9.17, 15) is 5.11 Å². The van der Waals surface area contributed by atoms with E-state index in [0.29, 0.717) is 24.1 Å². The Morgan fingerprint density at radius 2 is 1.89 bits per heavy atom. The van der Waals surface area contributed by atoms with Gasteiger partial charge in [0.1, 0.15) is 11.6 Å². The molecule has 0 fully saturated rings. The fourth-order valence-electron chi connectivity index (χ4n) is 2.44. The highest BCUT2D eigenvalue weighted by molar-refractivity contribution is 5.65. The van der Waals surface area contributed by atoms with Crippen molar-refractivity contribution >= 4 is 17.5 Å². The zero-order valence-corrected chi connectivity index (χ0v) is 15.4. The van der Waals surface area contributed by atoms with Gasteiger partial charge >= 0.3 is 0 Å². The SMILES string of the molecule is CCOc1ccc(Nc2cc(-c3ccccn3)nc(N[C@H](C)CO)n2)cc1. The molecule has 2 heterocycles. The maximum atomic E-state index is 9.30. The van der Waals surface area contributed by atoms with Crippen LogP contribution in [0.5, 0.6) is 5.75 Å². The highest BCUT2D eigenvalue weighted by Crippen LogP contribution is 2.24. The number of aromatic nitrogens is 3. The number of aliphatic hydroxyl groups is 1. The maximum absolute atomic E-state index is 9.30. The average Bonchev–Trinajstić information content (AvgIpc) is 2.70. The van der Waals surface area contributed by atoms with Crippen LogP contribution < -0.4 is 15.4 Å². The van der Waals surface area contributed by atoms with Crippen molar-refractivity contribution in [1.29, 1.82) is 0 Å². The fourth-order valence-corrected chi connectivity index (χ4v) is 2.44. The minimum Gasteiger partial charge on any atom is -0.494 e. The minimum atomic E-state index is -0.165. The molecule has 1 aromatic carbocycles. The Morgan fingerprint density at radius 3 is 2.56 bits per heavy atom. The normalized spacial score (nSPS) is 11.7. The summed E-state index contributed by atoms with van der Waals surface area (Å²) in [7, 11) is 0. The van der Waals surface area contributed by atoms with Crippen molar-refractivity contribution < 1.29 is 9.84 Å². The summed E-state index contributed by atoms with van der Waals surface area (Å²) < 4.78 is 5.47. The number of hydrogen-bond donors (Lipinski definition) is 3. The van der Waals surface area contributed by atoms with Crippen LogP contribution in [-0.4, -0.2) is 39.3 Å². The molecule has 2 aromatic heterocycles. The standard InChI is InChI=1S/C20H23N5O2/c1-3-27-16-9-7-15(8-10-16)23-19-12-18(17-6-4-5-11-21-17)24-20(25-19)22-14(2)13-26/h4-12,14,26H,3,13H2,1-2H3,(H2,22,23,24,25)/t14-/m1/s1. The lowest BCUT2D eigenvalue weighted by Gasteiger charge is -2.14. The number of ether oxygens (including phenoxy) is 1. The average molecular weight is 365 g/mol. The monoisotopic (exact) mass is 365 g/mol. The smallest absolute Gasteiger partial charge is 0.225 e. The predicted octanol–water partition coefficient (Wildman–Crippen LogP) is 3.47. The lowest BCUT2D eigenvalue weighted by molar-refractivity contribution is 0.281. The van der Waals surface area contributed by atoms with Crippen molar-refractivity contribution in [2.24, 2.45) is 0 Å². The molecule has 0 aliphatic carbocycles. The molecule has 0 aliphatic rings. The molecule has 0 amide bonds. The molecule has 0 bridgehead atoms. The molecule has 0 unspecified atom stereocenters. The number of nitrogens with one attached hydrogen (secondary N) is 2. The van der Waals surface area contributed by atoms with Gasteiger partial charge in [0, 0.05) is 24.0 Å². The summed E-state index contributed by atoms with van der Waals surface area (Å²) in [4.78, 5) is 13.4. The van der Waals surface area contributed by atoms with Crippen LogP contribution in [0.2, 0.25) is 0 Å². The molecule has 1 atom stereocenters. The first-order chi connectivity index (χ1) is 13.2. The molecule has 3 rings (SSSR count). The number of anilines is 3. The Labute approximate surface area is 158 Å². The summed E-state index contributed by atoms with van der Waals surface area (Å²) in [6.07, 6.45) is 1.72. The molecule has 0 saturated carbocycles. The zero-order valence-electron chi connectivity index (χ0n) is 15.4. The van der Waals surface area contributed by atoms with Gasteiger partial charge < -0.3 is 20.5 Å². The van der Waals surface area contributed by atoms with Gasteiger partial charge in [-0.15, -0.1) is 0 Å². The fraction of sp³-hybridized carbons (Fsp3) is 0.250. The molecule has 27 heavy (non-hydrogen) atoms. The Kier molecular flexibility index (Phi) is 6.17. The van der Waals surface area contributed by atoms with Crippen LogP contribution in [0.25, 0.3) is 11.4 Å². The Hall–Kier alpha value is -3.19. The van der Waals surface area contributed by atoms with E-state index in [1.165, 1.54) is 0 Å². The van der Waals surface area contributed by atoms with E-state index in [0.717, 1.165) is 17.1 Å². The van der Waals surface area contributed by atoms with Gasteiger partial charge in [0.25, 0.3) is 0 Å².